The van der Waals surface area contributed by atoms with Gasteiger partial charge in [-0.1, -0.05) is 12.1 Å². The van der Waals surface area contributed by atoms with Crippen LogP contribution in [0.2, 0.25) is 0 Å². The summed E-state index contributed by atoms with van der Waals surface area (Å²) < 4.78 is 1.98. The average molecular weight is 231 g/mol. The third-order valence-corrected chi connectivity index (χ3v) is 3.82. The van der Waals surface area contributed by atoms with Gasteiger partial charge in [-0.15, -0.1) is 0 Å². The van der Waals surface area contributed by atoms with E-state index in [2.05, 4.69) is 36.3 Å². The molecule has 0 bridgehead atoms. The Bertz CT molecular complexity index is 545. The number of thioether (sulfide) groups is 1. The van der Waals surface area contributed by atoms with Crippen molar-refractivity contribution in [2.75, 3.05) is 5.73 Å². The zero-order valence-electron chi connectivity index (χ0n) is 9.10. The molecule has 0 saturated heterocycles. The molecule has 0 saturated carbocycles. The van der Waals surface area contributed by atoms with Crippen molar-refractivity contribution in [3.8, 4) is 5.69 Å². The highest BCUT2D eigenvalue weighted by Crippen LogP contribution is 2.34. The first-order valence-electron chi connectivity index (χ1n) is 5.27. The van der Waals surface area contributed by atoms with Crippen molar-refractivity contribution in [2.45, 2.75) is 18.4 Å². The summed E-state index contributed by atoms with van der Waals surface area (Å²) in [5.41, 5.74) is 10.7. The molecule has 16 heavy (non-hydrogen) atoms. The molecule has 0 fully saturated rings. The van der Waals surface area contributed by atoms with Gasteiger partial charge in [0.15, 0.2) is 0 Å². The molecule has 0 radical (unpaired) electrons. The van der Waals surface area contributed by atoms with Crippen LogP contribution in [0.15, 0.2) is 24.3 Å². The number of fused-ring (bicyclic) bond motifs is 1. The van der Waals surface area contributed by atoms with Gasteiger partial charge >= 0.3 is 0 Å². The van der Waals surface area contributed by atoms with Gasteiger partial charge < -0.3 is 5.73 Å². The van der Waals surface area contributed by atoms with Crippen molar-refractivity contribution in [3.05, 3.63) is 41.1 Å². The zero-order chi connectivity index (χ0) is 11.1. The minimum atomic E-state index is 0.682. The molecule has 2 heterocycles. The lowest BCUT2D eigenvalue weighted by molar-refractivity contribution is 0.845. The Labute approximate surface area is 98.6 Å². The maximum Gasteiger partial charge on any atom is 0.150 e. The second-order valence-electron chi connectivity index (χ2n) is 4.05. The summed E-state index contributed by atoms with van der Waals surface area (Å²) in [6.07, 6.45) is 0. The maximum atomic E-state index is 5.92. The molecule has 0 amide bonds. The zero-order valence-corrected chi connectivity index (χ0v) is 9.92. The van der Waals surface area contributed by atoms with E-state index in [9.17, 15) is 0 Å². The van der Waals surface area contributed by atoms with Gasteiger partial charge in [0.25, 0.3) is 0 Å². The second-order valence-corrected chi connectivity index (χ2v) is 5.04. The molecular weight excluding hydrogens is 218 g/mol. The van der Waals surface area contributed by atoms with Gasteiger partial charge in [-0.05, 0) is 24.6 Å². The quantitative estimate of drug-likeness (QED) is 0.820. The fraction of sp³-hybridized carbons (Fsp3) is 0.250. The first-order valence-corrected chi connectivity index (χ1v) is 6.42. The molecule has 2 aromatic rings. The molecule has 3 rings (SSSR count). The van der Waals surface area contributed by atoms with Crippen LogP contribution in [0.5, 0.6) is 0 Å². The number of aryl methyl sites for hydroxylation is 1. The second kappa shape index (κ2) is 3.56. The Morgan fingerprint density at radius 2 is 2.25 bits per heavy atom. The maximum absolute atomic E-state index is 5.92. The van der Waals surface area contributed by atoms with Crippen LogP contribution in [0, 0.1) is 6.92 Å². The Morgan fingerprint density at radius 1 is 1.38 bits per heavy atom. The number of nitrogens with two attached hydrogens (primary N) is 1. The van der Waals surface area contributed by atoms with Gasteiger partial charge in [0.1, 0.15) is 5.82 Å². The van der Waals surface area contributed by atoms with E-state index in [1.807, 2.05) is 16.4 Å². The normalized spacial score (nSPS) is 14.1. The highest BCUT2D eigenvalue weighted by atomic mass is 32.2. The van der Waals surface area contributed by atoms with Crippen LogP contribution in [0.3, 0.4) is 0 Å². The highest BCUT2D eigenvalue weighted by Gasteiger charge is 2.21. The van der Waals surface area contributed by atoms with Gasteiger partial charge in [-0.3, -0.25) is 0 Å². The summed E-state index contributed by atoms with van der Waals surface area (Å²) in [7, 11) is 0. The van der Waals surface area contributed by atoms with Gasteiger partial charge in [-0.25, -0.2) is 4.68 Å². The topological polar surface area (TPSA) is 43.8 Å². The first-order chi connectivity index (χ1) is 7.75. The van der Waals surface area contributed by atoms with E-state index in [0.717, 1.165) is 17.2 Å². The molecule has 3 nitrogen and oxygen atoms in total. The summed E-state index contributed by atoms with van der Waals surface area (Å²) >= 11 is 1.90. The SMILES string of the molecule is Cc1cccc(-n2nc(N)c3c2CSC3)c1. The molecule has 1 aromatic carbocycles. The van der Waals surface area contributed by atoms with E-state index in [-0.39, 0.29) is 0 Å². The minimum absolute atomic E-state index is 0.682. The number of hydrogen-bond acceptors (Lipinski definition) is 3. The summed E-state index contributed by atoms with van der Waals surface area (Å²) in [5, 5.41) is 4.42. The molecule has 1 aliphatic rings. The summed E-state index contributed by atoms with van der Waals surface area (Å²) in [5.74, 6) is 2.68. The summed E-state index contributed by atoms with van der Waals surface area (Å²) in [4.78, 5) is 0. The molecule has 2 N–H and O–H groups in total. The lowest BCUT2D eigenvalue weighted by atomic mass is 10.2. The number of rotatable bonds is 1. The van der Waals surface area contributed by atoms with Gasteiger partial charge in [0, 0.05) is 17.1 Å². The third kappa shape index (κ3) is 1.41. The van der Waals surface area contributed by atoms with Crippen LogP contribution in [0.1, 0.15) is 16.8 Å². The monoisotopic (exact) mass is 231 g/mol. The van der Waals surface area contributed by atoms with Crippen molar-refractivity contribution < 1.29 is 0 Å². The van der Waals surface area contributed by atoms with E-state index in [4.69, 9.17) is 5.73 Å². The van der Waals surface area contributed by atoms with Crippen LogP contribution in [-0.2, 0) is 11.5 Å². The van der Waals surface area contributed by atoms with Crippen molar-refractivity contribution in [3.63, 3.8) is 0 Å². The number of nitrogens with zero attached hydrogens (tertiary/aromatic N) is 2. The number of benzene rings is 1. The molecule has 0 aliphatic carbocycles. The summed E-state index contributed by atoms with van der Waals surface area (Å²) in [6.45, 7) is 2.09. The Morgan fingerprint density at radius 3 is 3.06 bits per heavy atom. The predicted octanol–water partition coefficient (Wildman–Crippen LogP) is 2.51. The lowest BCUT2D eigenvalue weighted by Crippen LogP contribution is -2.01. The Kier molecular flexibility index (Phi) is 2.17. The van der Waals surface area contributed by atoms with Gasteiger partial charge in [-0.2, -0.15) is 16.9 Å². The number of hydrogen-bond donors (Lipinski definition) is 1. The molecule has 1 aromatic heterocycles. The van der Waals surface area contributed by atoms with Crippen LogP contribution in [0.25, 0.3) is 5.69 Å². The number of aromatic nitrogens is 2. The van der Waals surface area contributed by atoms with Gasteiger partial charge in [0.2, 0.25) is 0 Å². The Hall–Kier alpha value is -1.42. The standard InChI is InChI=1S/C12H13N3S/c1-8-3-2-4-9(5-8)15-11-7-16-6-10(11)12(13)14-15/h2-5H,6-7H2,1H3,(H2,13,14). The molecule has 0 spiro atoms. The van der Waals surface area contributed by atoms with Crippen molar-refractivity contribution in [1.82, 2.24) is 9.78 Å². The number of anilines is 1. The predicted molar refractivity (Wildman–Crippen MR) is 67.7 cm³/mol. The van der Waals surface area contributed by atoms with E-state index in [1.54, 1.807) is 0 Å². The van der Waals surface area contributed by atoms with Crippen molar-refractivity contribution in [1.29, 1.82) is 0 Å². The van der Waals surface area contributed by atoms with E-state index in [1.165, 1.54) is 16.8 Å². The van der Waals surface area contributed by atoms with E-state index < -0.39 is 0 Å². The van der Waals surface area contributed by atoms with Gasteiger partial charge in [0.05, 0.1) is 11.4 Å². The van der Waals surface area contributed by atoms with Crippen LogP contribution >= 0.6 is 11.8 Å². The molecule has 4 heteroatoms. The fourth-order valence-corrected chi connectivity index (χ4v) is 3.14. The Balaban J connectivity index is 2.17. The molecule has 1 aliphatic heterocycles. The van der Waals surface area contributed by atoms with Crippen molar-refractivity contribution >= 4 is 17.6 Å². The van der Waals surface area contributed by atoms with Crippen LogP contribution in [0.4, 0.5) is 5.82 Å². The average Bonchev–Trinajstić information content (AvgIpc) is 2.83. The van der Waals surface area contributed by atoms with Crippen LogP contribution in [-0.4, -0.2) is 9.78 Å². The van der Waals surface area contributed by atoms with Crippen molar-refractivity contribution in [2.24, 2.45) is 0 Å². The highest BCUT2D eigenvalue weighted by molar-refractivity contribution is 7.98. The summed E-state index contributed by atoms with van der Waals surface area (Å²) in [6, 6.07) is 8.35. The lowest BCUT2D eigenvalue weighted by Gasteiger charge is -2.05. The number of nitrogen functional groups attached to an aromatic ring is 1. The smallest absolute Gasteiger partial charge is 0.150 e. The largest absolute Gasteiger partial charge is 0.382 e. The van der Waals surface area contributed by atoms with E-state index >= 15 is 0 Å². The fourth-order valence-electron chi connectivity index (χ4n) is 2.03. The van der Waals surface area contributed by atoms with E-state index in [0.29, 0.717) is 5.82 Å². The minimum Gasteiger partial charge on any atom is -0.382 e. The first kappa shape index (κ1) is 9.78. The molecular formula is C12H13N3S. The molecule has 82 valence electrons. The third-order valence-electron chi connectivity index (χ3n) is 2.85. The molecule has 0 atom stereocenters. The molecule has 0 unspecified atom stereocenters. The van der Waals surface area contributed by atoms with Crippen LogP contribution < -0.4 is 5.73 Å².